The molecule has 0 saturated carbocycles. The van der Waals surface area contributed by atoms with Crippen LogP contribution in [0.3, 0.4) is 0 Å². The molecule has 0 bridgehead atoms. The largest absolute Gasteiger partial charge is 0.405 e. The van der Waals surface area contributed by atoms with Gasteiger partial charge in [-0.3, -0.25) is 5.84 Å². The zero-order valence-corrected chi connectivity index (χ0v) is 9.70. The molecular weight excluding hydrogens is 245 g/mol. The molecule has 0 radical (unpaired) electrons. The standard InChI is InChI=1S/C12H15F3N2O/c13-12(14,15)11(17-16)7-10-9-4-2-1-3-8(9)5-6-18-10/h1-4,10-11,17H,5-7,16H2. The van der Waals surface area contributed by atoms with Crippen molar-refractivity contribution in [3.8, 4) is 0 Å². The fourth-order valence-corrected chi connectivity index (χ4v) is 2.18. The molecule has 3 N–H and O–H groups in total. The predicted molar refractivity (Wildman–Crippen MR) is 60.6 cm³/mol. The Morgan fingerprint density at radius 2 is 2.11 bits per heavy atom. The minimum Gasteiger partial charge on any atom is -0.373 e. The van der Waals surface area contributed by atoms with Crippen LogP contribution < -0.4 is 11.3 Å². The van der Waals surface area contributed by atoms with Crippen molar-refractivity contribution in [2.24, 2.45) is 5.84 Å². The second kappa shape index (κ2) is 5.26. The Hall–Kier alpha value is -1.11. The number of hydrazine groups is 1. The minimum atomic E-state index is -4.37. The highest BCUT2D eigenvalue weighted by atomic mass is 19.4. The van der Waals surface area contributed by atoms with Gasteiger partial charge in [0.1, 0.15) is 6.04 Å². The van der Waals surface area contributed by atoms with Gasteiger partial charge in [0.2, 0.25) is 0 Å². The number of ether oxygens (including phenoxy) is 1. The lowest BCUT2D eigenvalue weighted by Gasteiger charge is -2.29. The molecule has 1 aliphatic rings. The molecule has 0 amide bonds. The molecule has 1 aromatic rings. The summed E-state index contributed by atoms with van der Waals surface area (Å²) in [6, 6.07) is 5.66. The topological polar surface area (TPSA) is 47.3 Å². The predicted octanol–water partition coefficient (Wildman–Crippen LogP) is 2.08. The Balaban J connectivity index is 2.16. The summed E-state index contributed by atoms with van der Waals surface area (Å²) >= 11 is 0. The Bertz CT molecular complexity index is 409. The summed E-state index contributed by atoms with van der Waals surface area (Å²) in [7, 11) is 0. The van der Waals surface area contributed by atoms with Crippen LogP contribution >= 0.6 is 0 Å². The van der Waals surface area contributed by atoms with Gasteiger partial charge in [-0.05, 0) is 17.5 Å². The Morgan fingerprint density at radius 1 is 1.39 bits per heavy atom. The molecule has 1 aromatic carbocycles. The Labute approximate surface area is 103 Å². The van der Waals surface area contributed by atoms with Gasteiger partial charge in [0.15, 0.2) is 0 Å². The van der Waals surface area contributed by atoms with Gasteiger partial charge in [0.05, 0.1) is 12.7 Å². The van der Waals surface area contributed by atoms with Crippen LogP contribution in [0.15, 0.2) is 24.3 Å². The zero-order chi connectivity index (χ0) is 13.2. The van der Waals surface area contributed by atoms with Crippen molar-refractivity contribution >= 4 is 0 Å². The highest BCUT2D eigenvalue weighted by molar-refractivity contribution is 5.31. The molecule has 0 aromatic heterocycles. The molecule has 18 heavy (non-hydrogen) atoms. The minimum absolute atomic E-state index is 0.211. The van der Waals surface area contributed by atoms with E-state index in [0.29, 0.717) is 6.61 Å². The molecule has 3 nitrogen and oxygen atoms in total. The second-order valence-electron chi connectivity index (χ2n) is 4.30. The summed E-state index contributed by atoms with van der Waals surface area (Å²) in [6.45, 7) is 0.441. The first-order valence-corrected chi connectivity index (χ1v) is 5.74. The molecule has 100 valence electrons. The van der Waals surface area contributed by atoms with Crippen molar-refractivity contribution in [3.05, 3.63) is 35.4 Å². The number of halogens is 3. The summed E-state index contributed by atoms with van der Waals surface area (Å²) < 4.78 is 43.4. The smallest absolute Gasteiger partial charge is 0.373 e. The number of hydrogen-bond donors (Lipinski definition) is 2. The van der Waals surface area contributed by atoms with Gasteiger partial charge in [-0.25, -0.2) is 5.43 Å². The van der Waals surface area contributed by atoms with E-state index >= 15 is 0 Å². The van der Waals surface area contributed by atoms with E-state index in [-0.39, 0.29) is 6.42 Å². The van der Waals surface area contributed by atoms with E-state index in [1.807, 2.05) is 23.6 Å². The zero-order valence-electron chi connectivity index (χ0n) is 9.70. The summed E-state index contributed by atoms with van der Waals surface area (Å²) in [5.41, 5.74) is 3.69. The monoisotopic (exact) mass is 260 g/mol. The van der Waals surface area contributed by atoms with Crippen molar-refractivity contribution in [3.63, 3.8) is 0 Å². The molecule has 6 heteroatoms. The van der Waals surface area contributed by atoms with Crippen molar-refractivity contribution in [1.29, 1.82) is 0 Å². The van der Waals surface area contributed by atoms with E-state index in [9.17, 15) is 13.2 Å². The van der Waals surface area contributed by atoms with Crippen LogP contribution in [0.25, 0.3) is 0 Å². The first kappa shape index (κ1) is 13.3. The maximum absolute atomic E-state index is 12.7. The van der Waals surface area contributed by atoms with Crippen molar-refractivity contribution < 1.29 is 17.9 Å². The molecule has 2 atom stereocenters. The lowest BCUT2D eigenvalue weighted by molar-refractivity contribution is -0.165. The van der Waals surface area contributed by atoms with Gasteiger partial charge in [-0.2, -0.15) is 13.2 Å². The average Bonchev–Trinajstić information content (AvgIpc) is 2.34. The van der Waals surface area contributed by atoms with Gasteiger partial charge in [-0.15, -0.1) is 0 Å². The number of fused-ring (bicyclic) bond motifs is 1. The van der Waals surface area contributed by atoms with Crippen LogP contribution in [0.5, 0.6) is 0 Å². The van der Waals surface area contributed by atoms with E-state index in [1.54, 1.807) is 6.07 Å². The Morgan fingerprint density at radius 3 is 2.78 bits per heavy atom. The highest BCUT2D eigenvalue weighted by Crippen LogP contribution is 2.34. The van der Waals surface area contributed by atoms with Crippen LogP contribution in [0.2, 0.25) is 0 Å². The molecular formula is C12H15F3N2O. The molecule has 1 aliphatic heterocycles. The van der Waals surface area contributed by atoms with Crippen LogP contribution in [-0.2, 0) is 11.2 Å². The lowest BCUT2D eigenvalue weighted by Crippen LogP contribution is -2.47. The van der Waals surface area contributed by atoms with Crippen LogP contribution in [0, 0.1) is 0 Å². The van der Waals surface area contributed by atoms with E-state index in [0.717, 1.165) is 17.5 Å². The number of rotatable bonds is 3. The van der Waals surface area contributed by atoms with Gasteiger partial charge >= 0.3 is 6.18 Å². The SMILES string of the molecule is NNC(CC1OCCc2ccccc21)C(F)(F)F. The highest BCUT2D eigenvalue weighted by Gasteiger charge is 2.41. The third kappa shape index (κ3) is 2.82. The number of nitrogens with one attached hydrogen (secondary N) is 1. The first-order valence-electron chi connectivity index (χ1n) is 5.74. The van der Waals surface area contributed by atoms with Gasteiger partial charge < -0.3 is 4.74 Å². The van der Waals surface area contributed by atoms with E-state index in [1.165, 1.54) is 0 Å². The van der Waals surface area contributed by atoms with Crippen LogP contribution in [-0.4, -0.2) is 18.8 Å². The summed E-state index contributed by atoms with van der Waals surface area (Å²) in [6.07, 6.45) is -4.40. The molecule has 0 fully saturated rings. The quantitative estimate of drug-likeness (QED) is 0.646. The van der Waals surface area contributed by atoms with Crippen LogP contribution in [0.1, 0.15) is 23.7 Å². The number of alkyl halides is 3. The fourth-order valence-electron chi connectivity index (χ4n) is 2.18. The van der Waals surface area contributed by atoms with E-state index in [2.05, 4.69) is 0 Å². The van der Waals surface area contributed by atoms with E-state index < -0.39 is 18.3 Å². The third-order valence-electron chi connectivity index (χ3n) is 3.14. The average molecular weight is 260 g/mol. The van der Waals surface area contributed by atoms with Crippen LogP contribution in [0.4, 0.5) is 13.2 Å². The lowest BCUT2D eigenvalue weighted by atomic mass is 9.93. The third-order valence-corrected chi connectivity index (χ3v) is 3.14. The number of nitrogens with two attached hydrogens (primary N) is 1. The molecule has 0 spiro atoms. The number of benzene rings is 1. The molecule has 1 heterocycles. The number of hydrogen-bond acceptors (Lipinski definition) is 3. The van der Waals surface area contributed by atoms with Gasteiger partial charge in [0, 0.05) is 6.42 Å². The first-order chi connectivity index (χ1) is 8.52. The van der Waals surface area contributed by atoms with Crippen molar-refractivity contribution in [2.75, 3.05) is 6.61 Å². The molecule has 0 aliphatic carbocycles. The van der Waals surface area contributed by atoms with Gasteiger partial charge in [0.25, 0.3) is 0 Å². The second-order valence-corrected chi connectivity index (χ2v) is 4.30. The maximum atomic E-state index is 12.7. The maximum Gasteiger partial charge on any atom is 0.405 e. The van der Waals surface area contributed by atoms with Crippen molar-refractivity contribution in [2.45, 2.75) is 31.2 Å². The molecule has 0 saturated heterocycles. The normalized spacial score (nSPS) is 21.4. The summed E-state index contributed by atoms with van der Waals surface area (Å²) in [5.74, 6) is 4.97. The summed E-state index contributed by atoms with van der Waals surface area (Å²) in [5, 5.41) is 0. The molecule has 2 unspecified atom stereocenters. The van der Waals surface area contributed by atoms with Crippen molar-refractivity contribution in [1.82, 2.24) is 5.43 Å². The molecule has 2 rings (SSSR count). The summed E-state index contributed by atoms with van der Waals surface area (Å²) in [4.78, 5) is 0. The Kier molecular flexibility index (Phi) is 3.89. The van der Waals surface area contributed by atoms with E-state index in [4.69, 9.17) is 10.6 Å². The fraction of sp³-hybridized carbons (Fsp3) is 0.500. The van der Waals surface area contributed by atoms with Gasteiger partial charge in [-0.1, -0.05) is 24.3 Å².